The molecular formula is C14H16N2O4. The Morgan fingerprint density at radius 1 is 1.20 bits per heavy atom. The lowest BCUT2D eigenvalue weighted by molar-refractivity contribution is -0.143. The van der Waals surface area contributed by atoms with Crippen molar-refractivity contribution in [3.05, 3.63) is 42.0 Å². The molecule has 0 saturated heterocycles. The topological polar surface area (TPSA) is 84.5 Å². The van der Waals surface area contributed by atoms with Crippen molar-refractivity contribution >= 4 is 24.0 Å². The van der Waals surface area contributed by atoms with E-state index in [1.807, 2.05) is 35.6 Å². The highest BCUT2D eigenvalue weighted by Gasteiger charge is 2.08. The van der Waals surface area contributed by atoms with E-state index in [4.69, 9.17) is 0 Å². The summed E-state index contributed by atoms with van der Waals surface area (Å²) in [6, 6.07) is 8.57. The predicted molar refractivity (Wildman–Crippen MR) is 73.7 cm³/mol. The molecule has 0 fully saturated rings. The van der Waals surface area contributed by atoms with E-state index in [9.17, 15) is 14.4 Å². The van der Waals surface area contributed by atoms with Crippen LogP contribution in [0.15, 0.2) is 36.4 Å². The number of carbonyl (C=O) groups is 3. The predicted octanol–water partition coefficient (Wildman–Crippen LogP) is 1.09. The number of hydrogen-bond donors (Lipinski definition) is 2. The number of amides is 3. The quantitative estimate of drug-likeness (QED) is 0.622. The molecule has 20 heavy (non-hydrogen) atoms. The van der Waals surface area contributed by atoms with Gasteiger partial charge in [-0.2, -0.15) is 0 Å². The van der Waals surface area contributed by atoms with Crippen LogP contribution < -0.4 is 10.6 Å². The molecule has 0 aromatic heterocycles. The number of hydrogen-bond acceptors (Lipinski definition) is 4. The summed E-state index contributed by atoms with van der Waals surface area (Å²) in [5, 5.41) is 4.41. The molecule has 3 amide bonds. The minimum absolute atomic E-state index is 0.402. The largest absolute Gasteiger partial charge is 0.452 e. The van der Waals surface area contributed by atoms with Gasteiger partial charge in [0, 0.05) is 12.6 Å². The number of carbonyl (C=O) groups excluding carboxylic acids is 3. The van der Waals surface area contributed by atoms with Crippen LogP contribution >= 0.6 is 0 Å². The van der Waals surface area contributed by atoms with Crippen molar-refractivity contribution in [2.75, 3.05) is 13.2 Å². The van der Waals surface area contributed by atoms with E-state index in [0.717, 1.165) is 5.56 Å². The Bertz CT molecular complexity index is 497. The standard InChI is InChI=1S/C14H16N2O4/c1-2-15-14(19)16-12(17)10-20-13(18)9-8-11-6-4-3-5-7-11/h3-9H,2,10H2,1H3,(H2,15,16,17,19)/b9-8+. The normalized spacial score (nSPS) is 10.1. The Labute approximate surface area is 116 Å². The zero-order valence-corrected chi connectivity index (χ0v) is 11.1. The number of ether oxygens (including phenoxy) is 1. The third kappa shape index (κ3) is 6.34. The molecular weight excluding hydrogens is 260 g/mol. The van der Waals surface area contributed by atoms with Crippen LogP contribution in [0.3, 0.4) is 0 Å². The Balaban J connectivity index is 2.31. The van der Waals surface area contributed by atoms with E-state index in [1.165, 1.54) is 6.08 Å². The van der Waals surface area contributed by atoms with Gasteiger partial charge in [0.05, 0.1) is 0 Å². The minimum atomic E-state index is -0.683. The first-order valence-electron chi connectivity index (χ1n) is 6.09. The molecule has 0 radical (unpaired) electrons. The Morgan fingerprint density at radius 2 is 1.90 bits per heavy atom. The Kier molecular flexibility index (Phi) is 6.53. The number of imide groups is 1. The molecule has 106 valence electrons. The van der Waals surface area contributed by atoms with Crippen LogP contribution in [0.25, 0.3) is 6.08 Å². The highest BCUT2D eigenvalue weighted by atomic mass is 16.5. The highest BCUT2D eigenvalue weighted by molar-refractivity contribution is 5.96. The van der Waals surface area contributed by atoms with Crippen LogP contribution in [-0.2, 0) is 14.3 Å². The van der Waals surface area contributed by atoms with Gasteiger partial charge in [-0.05, 0) is 18.6 Å². The molecule has 0 aliphatic carbocycles. The van der Waals surface area contributed by atoms with Crippen molar-refractivity contribution in [3.8, 4) is 0 Å². The third-order valence-electron chi connectivity index (χ3n) is 2.15. The molecule has 1 rings (SSSR count). The second kappa shape index (κ2) is 8.47. The maximum absolute atomic E-state index is 11.3. The zero-order chi connectivity index (χ0) is 14.8. The fourth-order valence-corrected chi connectivity index (χ4v) is 1.28. The van der Waals surface area contributed by atoms with Crippen molar-refractivity contribution in [2.45, 2.75) is 6.92 Å². The summed E-state index contributed by atoms with van der Waals surface area (Å²) in [5.41, 5.74) is 0.844. The van der Waals surface area contributed by atoms with Gasteiger partial charge in [0.1, 0.15) is 0 Å². The second-order valence-electron chi connectivity index (χ2n) is 3.76. The first-order chi connectivity index (χ1) is 9.61. The fraction of sp³-hybridized carbons (Fsp3) is 0.214. The summed E-state index contributed by atoms with van der Waals surface area (Å²) in [6.07, 6.45) is 2.79. The van der Waals surface area contributed by atoms with Gasteiger partial charge in [0.15, 0.2) is 6.61 Å². The first-order valence-corrected chi connectivity index (χ1v) is 6.09. The Hall–Kier alpha value is -2.63. The van der Waals surface area contributed by atoms with E-state index < -0.39 is 24.5 Å². The van der Waals surface area contributed by atoms with Crippen LogP contribution in [0.4, 0.5) is 4.79 Å². The molecule has 0 bridgehead atoms. The van der Waals surface area contributed by atoms with E-state index >= 15 is 0 Å². The number of rotatable bonds is 5. The first kappa shape index (κ1) is 15.4. The lowest BCUT2D eigenvalue weighted by Crippen LogP contribution is -2.41. The van der Waals surface area contributed by atoms with Crippen molar-refractivity contribution in [1.29, 1.82) is 0 Å². The third-order valence-corrected chi connectivity index (χ3v) is 2.15. The van der Waals surface area contributed by atoms with Gasteiger partial charge in [-0.3, -0.25) is 10.1 Å². The monoisotopic (exact) mass is 276 g/mol. The lowest BCUT2D eigenvalue weighted by Gasteiger charge is -2.04. The second-order valence-corrected chi connectivity index (χ2v) is 3.76. The average molecular weight is 276 g/mol. The fourth-order valence-electron chi connectivity index (χ4n) is 1.28. The van der Waals surface area contributed by atoms with E-state index in [0.29, 0.717) is 6.54 Å². The SMILES string of the molecule is CCNC(=O)NC(=O)COC(=O)/C=C/c1ccccc1. The molecule has 0 unspecified atom stereocenters. The maximum atomic E-state index is 11.3. The molecule has 2 N–H and O–H groups in total. The maximum Gasteiger partial charge on any atom is 0.331 e. The summed E-state index contributed by atoms with van der Waals surface area (Å²) in [4.78, 5) is 33.6. The summed E-state index contributed by atoms with van der Waals surface area (Å²) >= 11 is 0. The molecule has 0 aliphatic rings. The number of benzene rings is 1. The van der Waals surface area contributed by atoms with Crippen molar-refractivity contribution in [1.82, 2.24) is 10.6 Å². The van der Waals surface area contributed by atoms with Gasteiger partial charge in [0.25, 0.3) is 5.91 Å². The van der Waals surface area contributed by atoms with Crippen molar-refractivity contribution < 1.29 is 19.1 Å². The summed E-state index contributed by atoms with van der Waals surface area (Å²) < 4.78 is 4.69. The van der Waals surface area contributed by atoms with E-state index in [2.05, 4.69) is 10.1 Å². The highest BCUT2D eigenvalue weighted by Crippen LogP contribution is 2.00. The Morgan fingerprint density at radius 3 is 2.55 bits per heavy atom. The minimum Gasteiger partial charge on any atom is -0.452 e. The van der Waals surface area contributed by atoms with Gasteiger partial charge in [-0.15, -0.1) is 0 Å². The van der Waals surface area contributed by atoms with Gasteiger partial charge < -0.3 is 10.1 Å². The van der Waals surface area contributed by atoms with Crippen molar-refractivity contribution in [3.63, 3.8) is 0 Å². The smallest absolute Gasteiger partial charge is 0.331 e. The van der Waals surface area contributed by atoms with Crippen molar-refractivity contribution in [2.24, 2.45) is 0 Å². The summed E-state index contributed by atoms with van der Waals surface area (Å²) in [6.45, 7) is 1.62. The number of esters is 1. The van der Waals surface area contributed by atoms with Crippen LogP contribution in [0, 0.1) is 0 Å². The number of nitrogens with one attached hydrogen (secondary N) is 2. The molecule has 1 aromatic carbocycles. The molecule has 6 nitrogen and oxygen atoms in total. The van der Waals surface area contributed by atoms with Crippen LogP contribution in [0.1, 0.15) is 12.5 Å². The van der Waals surface area contributed by atoms with Gasteiger partial charge in [-0.25, -0.2) is 9.59 Å². The molecule has 0 aliphatic heterocycles. The summed E-state index contributed by atoms with van der Waals surface area (Å²) in [7, 11) is 0. The average Bonchev–Trinajstić information content (AvgIpc) is 2.44. The van der Waals surface area contributed by atoms with E-state index in [-0.39, 0.29) is 0 Å². The zero-order valence-electron chi connectivity index (χ0n) is 11.1. The molecule has 1 aromatic rings. The van der Waals surface area contributed by atoms with Gasteiger partial charge in [0.2, 0.25) is 0 Å². The molecule has 0 atom stereocenters. The molecule has 0 spiro atoms. The molecule has 0 heterocycles. The lowest BCUT2D eigenvalue weighted by atomic mass is 10.2. The van der Waals surface area contributed by atoms with E-state index in [1.54, 1.807) is 13.0 Å². The van der Waals surface area contributed by atoms with Crippen LogP contribution in [0.5, 0.6) is 0 Å². The molecule has 6 heteroatoms. The summed E-state index contributed by atoms with van der Waals surface area (Å²) in [5.74, 6) is -1.34. The van der Waals surface area contributed by atoms with Gasteiger partial charge in [-0.1, -0.05) is 30.3 Å². The van der Waals surface area contributed by atoms with Gasteiger partial charge >= 0.3 is 12.0 Å². The van der Waals surface area contributed by atoms with Crippen LogP contribution in [0.2, 0.25) is 0 Å². The number of urea groups is 1. The van der Waals surface area contributed by atoms with Crippen LogP contribution in [-0.4, -0.2) is 31.1 Å². The molecule has 0 saturated carbocycles.